The van der Waals surface area contributed by atoms with Crippen molar-refractivity contribution in [1.82, 2.24) is 19.3 Å². The molecule has 0 bridgehead atoms. The number of rotatable bonds is 4. The number of hydrogen-bond donors (Lipinski definition) is 0. The number of ether oxygens (including phenoxy) is 1. The highest BCUT2D eigenvalue weighted by Crippen LogP contribution is 2.27. The molecule has 1 atom stereocenters. The van der Waals surface area contributed by atoms with Crippen LogP contribution < -0.4 is 4.74 Å². The Kier molecular flexibility index (Phi) is 3.59. The number of benzene rings is 1. The second-order valence-electron chi connectivity index (χ2n) is 5.05. The molecule has 0 aliphatic carbocycles. The first kappa shape index (κ1) is 13.9. The monoisotopic (exact) mass is 304 g/mol. The molecule has 0 N–H and O–H groups in total. The van der Waals surface area contributed by atoms with Crippen molar-refractivity contribution in [2.24, 2.45) is 7.05 Å². The van der Waals surface area contributed by atoms with Crippen molar-refractivity contribution >= 4 is 22.6 Å². The Labute approximate surface area is 128 Å². The Morgan fingerprint density at radius 1 is 1.38 bits per heavy atom. The van der Waals surface area contributed by atoms with Crippen LogP contribution in [0, 0.1) is 0 Å². The molecule has 0 fully saturated rings. The number of imidazole rings is 1. The number of fused-ring (bicyclic) bond motifs is 1. The Bertz CT molecular complexity index is 775. The number of hydrogen-bond acceptors (Lipinski definition) is 3. The predicted molar refractivity (Wildman–Crippen MR) is 82.9 cm³/mol. The van der Waals surface area contributed by atoms with E-state index in [0.717, 1.165) is 28.2 Å². The van der Waals surface area contributed by atoms with Crippen molar-refractivity contribution in [1.29, 1.82) is 0 Å². The Morgan fingerprint density at radius 3 is 2.81 bits per heavy atom. The highest BCUT2D eigenvalue weighted by atomic mass is 35.5. The number of aryl methyl sites for hydroxylation is 1. The van der Waals surface area contributed by atoms with Gasteiger partial charge in [-0.25, -0.2) is 4.98 Å². The van der Waals surface area contributed by atoms with E-state index in [4.69, 9.17) is 16.3 Å². The van der Waals surface area contributed by atoms with Gasteiger partial charge in [0.2, 0.25) is 0 Å². The summed E-state index contributed by atoms with van der Waals surface area (Å²) in [6.45, 7) is 2.63. The molecule has 3 rings (SSSR count). The summed E-state index contributed by atoms with van der Waals surface area (Å²) in [5, 5.41) is 4.04. The lowest BCUT2D eigenvalue weighted by Crippen LogP contribution is -2.05. The molecular formula is C15H17ClN4O. The summed E-state index contributed by atoms with van der Waals surface area (Å²) in [6.07, 6.45) is 3.86. The number of alkyl halides is 1. The molecule has 0 saturated heterocycles. The van der Waals surface area contributed by atoms with E-state index in [1.54, 1.807) is 11.8 Å². The van der Waals surface area contributed by atoms with Crippen molar-refractivity contribution in [3.8, 4) is 5.75 Å². The van der Waals surface area contributed by atoms with Gasteiger partial charge in [-0.3, -0.25) is 4.68 Å². The molecule has 1 unspecified atom stereocenters. The summed E-state index contributed by atoms with van der Waals surface area (Å²) < 4.78 is 9.18. The summed E-state index contributed by atoms with van der Waals surface area (Å²) in [6, 6.07) is 5.88. The molecule has 6 heteroatoms. The Hall–Kier alpha value is -2.01. The molecule has 0 spiro atoms. The van der Waals surface area contributed by atoms with Crippen LogP contribution in [0.5, 0.6) is 5.75 Å². The topological polar surface area (TPSA) is 44.9 Å². The Morgan fingerprint density at radius 2 is 2.19 bits per heavy atom. The van der Waals surface area contributed by atoms with E-state index in [2.05, 4.69) is 14.6 Å². The van der Waals surface area contributed by atoms with E-state index in [-0.39, 0.29) is 5.38 Å². The van der Waals surface area contributed by atoms with E-state index in [1.165, 1.54) is 0 Å². The zero-order valence-corrected chi connectivity index (χ0v) is 13.0. The van der Waals surface area contributed by atoms with Crippen LogP contribution in [0.3, 0.4) is 0 Å². The van der Waals surface area contributed by atoms with Gasteiger partial charge >= 0.3 is 0 Å². The van der Waals surface area contributed by atoms with E-state index >= 15 is 0 Å². The average molecular weight is 305 g/mol. The summed E-state index contributed by atoms with van der Waals surface area (Å²) in [4.78, 5) is 4.65. The fourth-order valence-electron chi connectivity index (χ4n) is 2.46. The van der Waals surface area contributed by atoms with Gasteiger partial charge in [-0.2, -0.15) is 5.10 Å². The second-order valence-corrected chi connectivity index (χ2v) is 5.70. The zero-order chi connectivity index (χ0) is 15.0. The highest BCUT2D eigenvalue weighted by molar-refractivity contribution is 6.20. The van der Waals surface area contributed by atoms with Crippen molar-refractivity contribution in [2.45, 2.75) is 18.8 Å². The van der Waals surface area contributed by atoms with Crippen molar-refractivity contribution in [3.05, 3.63) is 42.0 Å². The molecule has 0 aliphatic rings. The maximum absolute atomic E-state index is 6.29. The summed E-state index contributed by atoms with van der Waals surface area (Å²) >= 11 is 6.29. The lowest BCUT2D eigenvalue weighted by atomic mass is 10.3. The van der Waals surface area contributed by atoms with Gasteiger partial charge in [-0.15, -0.1) is 11.6 Å². The molecule has 0 saturated carbocycles. The lowest BCUT2D eigenvalue weighted by Gasteiger charge is -2.09. The van der Waals surface area contributed by atoms with E-state index in [0.29, 0.717) is 6.54 Å². The molecule has 0 amide bonds. The van der Waals surface area contributed by atoms with Crippen molar-refractivity contribution in [2.75, 3.05) is 7.11 Å². The summed E-state index contributed by atoms with van der Waals surface area (Å²) in [5.74, 6) is 1.64. The quantitative estimate of drug-likeness (QED) is 0.696. The number of halogens is 1. The zero-order valence-electron chi connectivity index (χ0n) is 12.2. The largest absolute Gasteiger partial charge is 0.497 e. The lowest BCUT2D eigenvalue weighted by molar-refractivity contribution is 0.415. The van der Waals surface area contributed by atoms with Gasteiger partial charge in [0.25, 0.3) is 0 Å². The predicted octanol–water partition coefficient (Wildman–Crippen LogP) is 3.13. The molecule has 3 aromatic rings. The number of methoxy groups -OCH3 is 1. The van der Waals surface area contributed by atoms with Crippen LogP contribution in [0.25, 0.3) is 11.0 Å². The van der Waals surface area contributed by atoms with Gasteiger partial charge in [0.15, 0.2) is 0 Å². The van der Waals surface area contributed by atoms with E-state index < -0.39 is 0 Å². The minimum Gasteiger partial charge on any atom is -0.497 e. The molecule has 0 radical (unpaired) electrons. The third-order valence-electron chi connectivity index (χ3n) is 3.44. The first-order valence-corrected chi connectivity index (χ1v) is 7.18. The van der Waals surface area contributed by atoms with Crippen molar-refractivity contribution < 1.29 is 4.74 Å². The van der Waals surface area contributed by atoms with Crippen LogP contribution in [-0.2, 0) is 13.6 Å². The van der Waals surface area contributed by atoms with Gasteiger partial charge in [0, 0.05) is 24.9 Å². The van der Waals surface area contributed by atoms with Crippen LogP contribution >= 0.6 is 11.6 Å². The minimum absolute atomic E-state index is 0.167. The molecule has 21 heavy (non-hydrogen) atoms. The normalized spacial score (nSPS) is 12.8. The smallest absolute Gasteiger partial charge is 0.128 e. The number of nitrogens with zero attached hydrogens (tertiary/aromatic N) is 4. The molecule has 0 aliphatic heterocycles. The van der Waals surface area contributed by atoms with Gasteiger partial charge in [-0.05, 0) is 19.1 Å². The standard InChI is InChI=1S/C15H17ClN4O/c1-10(16)15-18-13-6-12(21-3)4-5-14(13)20(15)9-11-7-17-19(2)8-11/h4-8,10H,9H2,1-3H3. The maximum Gasteiger partial charge on any atom is 0.128 e. The van der Waals surface area contributed by atoms with Crippen LogP contribution in [0.4, 0.5) is 0 Å². The maximum atomic E-state index is 6.29. The third kappa shape index (κ3) is 2.61. The second kappa shape index (κ2) is 5.41. The SMILES string of the molecule is COc1ccc2c(c1)nc(C(C)Cl)n2Cc1cnn(C)c1. The average Bonchev–Trinajstić information content (AvgIpc) is 3.03. The molecule has 110 valence electrons. The van der Waals surface area contributed by atoms with Crippen LogP contribution in [0.15, 0.2) is 30.6 Å². The number of aromatic nitrogens is 4. The first-order valence-electron chi connectivity index (χ1n) is 6.74. The van der Waals surface area contributed by atoms with E-state index in [1.807, 2.05) is 44.6 Å². The van der Waals surface area contributed by atoms with Gasteiger partial charge < -0.3 is 9.30 Å². The van der Waals surface area contributed by atoms with Crippen molar-refractivity contribution in [3.63, 3.8) is 0 Å². The summed E-state index contributed by atoms with van der Waals surface area (Å²) in [7, 11) is 3.56. The fourth-order valence-corrected chi connectivity index (χ4v) is 2.63. The molecular weight excluding hydrogens is 288 g/mol. The van der Waals surface area contributed by atoms with Gasteiger partial charge in [-0.1, -0.05) is 0 Å². The fraction of sp³-hybridized carbons (Fsp3) is 0.333. The highest BCUT2D eigenvalue weighted by Gasteiger charge is 2.16. The van der Waals surface area contributed by atoms with Gasteiger partial charge in [0.05, 0.1) is 36.3 Å². The molecule has 2 aromatic heterocycles. The summed E-state index contributed by atoms with van der Waals surface area (Å²) in [5.41, 5.74) is 3.05. The molecule has 5 nitrogen and oxygen atoms in total. The minimum atomic E-state index is -0.167. The van der Waals surface area contributed by atoms with Crippen LogP contribution in [0.1, 0.15) is 23.7 Å². The Balaban J connectivity index is 2.11. The van der Waals surface area contributed by atoms with Crippen LogP contribution in [0.2, 0.25) is 0 Å². The third-order valence-corrected chi connectivity index (χ3v) is 3.63. The van der Waals surface area contributed by atoms with E-state index in [9.17, 15) is 0 Å². The van der Waals surface area contributed by atoms with Crippen LogP contribution in [-0.4, -0.2) is 26.4 Å². The van der Waals surface area contributed by atoms with Gasteiger partial charge in [0.1, 0.15) is 11.6 Å². The first-order chi connectivity index (χ1) is 10.1. The molecule has 1 aromatic carbocycles. The molecule has 2 heterocycles.